The molecular weight excluding hydrogens is 184 g/mol. The third-order valence-electron chi connectivity index (χ3n) is 1.62. The summed E-state index contributed by atoms with van der Waals surface area (Å²) in [5.41, 5.74) is 0.678. The lowest BCUT2D eigenvalue weighted by molar-refractivity contribution is -0.128. The van der Waals surface area contributed by atoms with E-state index in [9.17, 15) is 9.59 Å². The summed E-state index contributed by atoms with van der Waals surface area (Å²) < 4.78 is 4.49. The summed E-state index contributed by atoms with van der Waals surface area (Å²) in [6.45, 7) is 0.858. The van der Waals surface area contributed by atoms with E-state index in [0.29, 0.717) is 25.1 Å². The molecule has 0 fully saturated rings. The summed E-state index contributed by atoms with van der Waals surface area (Å²) in [5.74, 6) is 0. The van der Waals surface area contributed by atoms with Crippen molar-refractivity contribution in [1.82, 2.24) is 4.98 Å². The van der Waals surface area contributed by atoms with Crippen LogP contribution in [-0.2, 0) is 14.3 Å². The van der Waals surface area contributed by atoms with Crippen molar-refractivity contribution in [2.75, 3.05) is 18.1 Å². The van der Waals surface area contributed by atoms with Gasteiger partial charge in [-0.15, -0.1) is 0 Å². The molecule has 0 aromatic carbocycles. The molecule has 0 N–H and O–H groups in total. The van der Waals surface area contributed by atoms with Gasteiger partial charge in [-0.2, -0.15) is 0 Å². The molecule has 0 aliphatic heterocycles. The van der Waals surface area contributed by atoms with Crippen LogP contribution in [0.15, 0.2) is 24.5 Å². The highest BCUT2D eigenvalue weighted by Gasteiger charge is 2.03. The number of hydrogen-bond acceptors (Lipinski definition) is 4. The van der Waals surface area contributed by atoms with E-state index < -0.39 is 0 Å². The lowest BCUT2D eigenvalue weighted by Gasteiger charge is -2.15. The minimum Gasteiger partial charge on any atom is -0.466 e. The van der Waals surface area contributed by atoms with Gasteiger partial charge >= 0.3 is 0 Å². The van der Waals surface area contributed by atoms with Crippen molar-refractivity contribution in [2.45, 2.75) is 0 Å². The van der Waals surface area contributed by atoms with Gasteiger partial charge in [-0.05, 0) is 12.1 Å². The van der Waals surface area contributed by atoms with Crippen LogP contribution in [0.5, 0.6) is 0 Å². The van der Waals surface area contributed by atoms with Crippen LogP contribution < -0.4 is 4.90 Å². The summed E-state index contributed by atoms with van der Waals surface area (Å²) in [6, 6.07) is 3.48. The van der Waals surface area contributed by atoms with Gasteiger partial charge in [0.1, 0.15) is 6.61 Å². The average Bonchev–Trinajstić information content (AvgIpc) is 2.26. The van der Waals surface area contributed by atoms with Gasteiger partial charge in [0.2, 0.25) is 6.41 Å². The van der Waals surface area contributed by atoms with Crippen molar-refractivity contribution in [3.05, 3.63) is 24.5 Å². The Hall–Kier alpha value is -1.91. The number of aromatic nitrogens is 1. The number of rotatable bonds is 6. The number of ether oxygens (including phenoxy) is 1. The fraction of sp³-hybridized carbons (Fsp3) is 0.222. The molecule has 1 heterocycles. The van der Waals surface area contributed by atoms with Crippen molar-refractivity contribution < 1.29 is 14.3 Å². The van der Waals surface area contributed by atoms with Gasteiger partial charge in [0.15, 0.2) is 0 Å². The van der Waals surface area contributed by atoms with E-state index in [1.807, 2.05) is 0 Å². The predicted molar refractivity (Wildman–Crippen MR) is 49.7 cm³/mol. The lowest BCUT2D eigenvalue weighted by Crippen LogP contribution is -2.25. The number of carbonyl (C=O) groups excluding carboxylic acids is 2. The summed E-state index contributed by atoms with van der Waals surface area (Å²) in [4.78, 5) is 25.8. The maximum absolute atomic E-state index is 10.7. The Morgan fingerprint density at radius 3 is 2.93 bits per heavy atom. The number of pyridine rings is 1. The summed E-state index contributed by atoms with van der Waals surface area (Å²) in [6.07, 6.45) is 3.86. The van der Waals surface area contributed by atoms with Crippen molar-refractivity contribution in [2.24, 2.45) is 0 Å². The molecule has 74 valence electrons. The monoisotopic (exact) mass is 194 g/mol. The number of hydrogen-bond donors (Lipinski definition) is 0. The molecule has 0 atom stereocenters. The standard InChI is InChI=1S/C9H10N2O3/c12-7-11(4-5-14-8-13)9-2-1-3-10-6-9/h1-3,6-8H,4-5H2. The molecule has 1 aromatic heterocycles. The van der Waals surface area contributed by atoms with Crippen molar-refractivity contribution in [3.63, 3.8) is 0 Å². The van der Waals surface area contributed by atoms with Crippen LogP contribution in [0.4, 0.5) is 5.69 Å². The fourth-order valence-electron chi connectivity index (χ4n) is 0.965. The molecule has 0 aliphatic carbocycles. The van der Waals surface area contributed by atoms with Gasteiger partial charge in [-0.25, -0.2) is 0 Å². The van der Waals surface area contributed by atoms with Crippen LogP contribution in [0.2, 0.25) is 0 Å². The van der Waals surface area contributed by atoms with E-state index in [1.165, 1.54) is 4.90 Å². The molecule has 0 bridgehead atoms. The molecule has 0 saturated heterocycles. The smallest absolute Gasteiger partial charge is 0.293 e. The van der Waals surface area contributed by atoms with E-state index in [0.717, 1.165) is 0 Å². The van der Waals surface area contributed by atoms with E-state index in [4.69, 9.17) is 0 Å². The first kappa shape index (κ1) is 10.2. The maximum Gasteiger partial charge on any atom is 0.293 e. The third kappa shape index (κ3) is 2.85. The zero-order valence-electron chi connectivity index (χ0n) is 7.50. The Kier molecular flexibility index (Phi) is 4.13. The SMILES string of the molecule is O=COCCN(C=O)c1cccnc1. The lowest BCUT2D eigenvalue weighted by atomic mass is 10.4. The minimum atomic E-state index is 0.178. The quantitative estimate of drug-likeness (QED) is 0.480. The topological polar surface area (TPSA) is 59.5 Å². The number of carbonyl (C=O) groups is 2. The van der Waals surface area contributed by atoms with Gasteiger partial charge in [-0.1, -0.05) is 0 Å². The summed E-state index contributed by atoms with van der Waals surface area (Å²) >= 11 is 0. The van der Waals surface area contributed by atoms with Crippen molar-refractivity contribution in [3.8, 4) is 0 Å². The van der Waals surface area contributed by atoms with Crippen molar-refractivity contribution >= 4 is 18.6 Å². The highest BCUT2D eigenvalue weighted by atomic mass is 16.5. The van der Waals surface area contributed by atoms with Gasteiger partial charge in [0.05, 0.1) is 18.4 Å². The minimum absolute atomic E-state index is 0.178. The first-order valence-corrected chi connectivity index (χ1v) is 4.05. The second kappa shape index (κ2) is 5.69. The molecule has 1 amide bonds. The highest BCUT2D eigenvalue weighted by Crippen LogP contribution is 2.08. The van der Waals surface area contributed by atoms with E-state index >= 15 is 0 Å². The second-order valence-corrected chi connectivity index (χ2v) is 2.48. The largest absolute Gasteiger partial charge is 0.466 e. The van der Waals surface area contributed by atoms with Gasteiger partial charge < -0.3 is 9.64 Å². The zero-order chi connectivity index (χ0) is 10.2. The van der Waals surface area contributed by atoms with Crippen LogP contribution in [0.3, 0.4) is 0 Å². The van der Waals surface area contributed by atoms with Crippen LogP contribution in [0.25, 0.3) is 0 Å². The second-order valence-electron chi connectivity index (χ2n) is 2.48. The molecule has 1 aromatic rings. The van der Waals surface area contributed by atoms with Crippen LogP contribution in [0.1, 0.15) is 0 Å². The van der Waals surface area contributed by atoms with Gasteiger partial charge in [0, 0.05) is 6.20 Å². The van der Waals surface area contributed by atoms with Crippen molar-refractivity contribution in [1.29, 1.82) is 0 Å². The molecule has 0 radical (unpaired) electrons. The van der Waals surface area contributed by atoms with Gasteiger partial charge in [-0.3, -0.25) is 14.6 Å². The Bertz CT molecular complexity index is 289. The van der Waals surface area contributed by atoms with Crippen LogP contribution in [0, 0.1) is 0 Å². The zero-order valence-corrected chi connectivity index (χ0v) is 7.50. The molecule has 0 unspecified atom stereocenters. The van der Waals surface area contributed by atoms with Gasteiger partial charge in [0.25, 0.3) is 6.47 Å². The number of anilines is 1. The molecule has 0 aliphatic rings. The van der Waals surface area contributed by atoms with Crippen LogP contribution in [-0.4, -0.2) is 31.0 Å². The molecule has 5 nitrogen and oxygen atoms in total. The molecule has 1 rings (SSSR count). The first-order chi connectivity index (χ1) is 6.88. The molecule has 0 spiro atoms. The maximum atomic E-state index is 10.7. The fourth-order valence-corrected chi connectivity index (χ4v) is 0.965. The highest BCUT2D eigenvalue weighted by molar-refractivity contribution is 5.74. The Morgan fingerprint density at radius 1 is 1.50 bits per heavy atom. The predicted octanol–water partition coefficient (Wildman–Crippen LogP) is 0.217. The third-order valence-corrected chi connectivity index (χ3v) is 1.62. The van der Waals surface area contributed by atoms with E-state index in [2.05, 4.69) is 9.72 Å². The summed E-state index contributed by atoms with van der Waals surface area (Å²) in [7, 11) is 0. The number of nitrogens with zero attached hydrogens (tertiary/aromatic N) is 2. The Balaban J connectivity index is 2.54. The summed E-state index contributed by atoms with van der Waals surface area (Å²) in [5, 5.41) is 0. The van der Waals surface area contributed by atoms with Crippen LogP contribution >= 0.6 is 0 Å². The Labute approximate surface area is 81.3 Å². The normalized spacial score (nSPS) is 9.14. The average molecular weight is 194 g/mol. The number of amides is 1. The molecule has 5 heteroatoms. The van der Waals surface area contributed by atoms with E-state index in [-0.39, 0.29) is 6.61 Å². The molecule has 14 heavy (non-hydrogen) atoms. The first-order valence-electron chi connectivity index (χ1n) is 4.05. The molecule has 0 saturated carbocycles. The Morgan fingerprint density at radius 2 is 2.36 bits per heavy atom. The molecular formula is C9H10N2O3. The van der Waals surface area contributed by atoms with E-state index in [1.54, 1.807) is 24.5 Å².